The number of aromatic nitrogens is 1. The smallest absolute Gasteiger partial charge is 0.361 e. The quantitative estimate of drug-likeness (QED) is 0.233. The molecule has 15 heteroatoms. The summed E-state index contributed by atoms with van der Waals surface area (Å²) in [5, 5.41) is 3.74. The van der Waals surface area contributed by atoms with Gasteiger partial charge in [-0.1, -0.05) is 18.2 Å². The Hall–Kier alpha value is -3.62. The molecule has 244 valence electrons. The van der Waals surface area contributed by atoms with E-state index in [1.54, 1.807) is 11.1 Å². The maximum Gasteiger partial charge on any atom is 0.416 e. The van der Waals surface area contributed by atoms with Crippen molar-refractivity contribution in [2.75, 3.05) is 46.3 Å². The number of ketones is 1. The van der Waals surface area contributed by atoms with Crippen LogP contribution in [0.4, 0.5) is 26.3 Å². The Balaban J connectivity index is 0.00000461. The summed E-state index contributed by atoms with van der Waals surface area (Å²) in [5.41, 5.74) is -2.57. The van der Waals surface area contributed by atoms with Gasteiger partial charge in [-0.3, -0.25) is 19.7 Å². The minimum Gasteiger partial charge on any atom is -0.361 e. The molecule has 5 rings (SSSR count). The van der Waals surface area contributed by atoms with E-state index in [0.29, 0.717) is 31.8 Å². The number of amides is 2. The van der Waals surface area contributed by atoms with Crippen LogP contribution in [0.15, 0.2) is 48.7 Å². The van der Waals surface area contributed by atoms with E-state index in [1.165, 1.54) is 4.90 Å². The van der Waals surface area contributed by atoms with Crippen LogP contribution in [0.1, 0.15) is 33.5 Å². The molecule has 1 aromatic heterocycles. The molecule has 3 aromatic rings. The first-order valence-electron chi connectivity index (χ1n) is 14.1. The number of fused-ring (bicyclic) bond motifs is 1. The summed E-state index contributed by atoms with van der Waals surface area (Å²) >= 11 is 0. The molecular weight excluding hydrogens is 628 g/mol. The first-order valence-corrected chi connectivity index (χ1v) is 14.1. The molecule has 2 aromatic carbocycles. The zero-order chi connectivity index (χ0) is 31.8. The highest BCUT2D eigenvalue weighted by atomic mass is 35.5. The fraction of sp³-hybridized carbons (Fsp3) is 0.433. The molecule has 0 bridgehead atoms. The minimum atomic E-state index is -5.17. The second-order valence-corrected chi connectivity index (χ2v) is 11.3. The Bertz CT molecular complexity index is 1530. The maximum atomic E-state index is 13.6. The number of carbonyl (C=O) groups is 3. The monoisotopic (exact) mass is 659 g/mol. The Kier molecular flexibility index (Phi) is 10.2. The van der Waals surface area contributed by atoms with Gasteiger partial charge < -0.3 is 19.7 Å². The molecule has 0 aliphatic carbocycles. The highest BCUT2D eigenvalue weighted by molar-refractivity contribution is 6.14. The zero-order valence-electron chi connectivity index (χ0n) is 24.2. The van der Waals surface area contributed by atoms with E-state index in [0.717, 1.165) is 29.4 Å². The van der Waals surface area contributed by atoms with Crippen LogP contribution in [0.5, 0.6) is 0 Å². The molecule has 2 fully saturated rings. The van der Waals surface area contributed by atoms with Crippen molar-refractivity contribution >= 4 is 40.9 Å². The highest BCUT2D eigenvalue weighted by Crippen LogP contribution is 2.37. The van der Waals surface area contributed by atoms with Gasteiger partial charge in [0.2, 0.25) is 11.8 Å². The van der Waals surface area contributed by atoms with Crippen molar-refractivity contribution in [3.63, 3.8) is 0 Å². The van der Waals surface area contributed by atoms with E-state index in [2.05, 4.69) is 15.2 Å². The van der Waals surface area contributed by atoms with Crippen LogP contribution in [-0.2, 0) is 28.4 Å². The minimum absolute atomic E-state index is 0. The summed E-state index contributed by atoms with van der Waals surface area (Å²) in [6.07, 6.45) is -7.60. The first-order chi connectivity index (χ1) is 20.7. The lowest BCUT2D eigenvalue weighted by Gasteiger charge is -2.38. The van der Waals surface area contributed by atoms with Crippen LogP contribution in [0.2, 0.25) is 0 Å². The number of hydrogen-bond acceptors (Lipinski definition) is 5. The third kappa shape index (κ3) is 7.79. The molecule has 0 saturated carbocycles. The molecule has 45 heavy (non-hydrogen) atoms. The zero-order valence-corrected chi connectivity index (χ0v) is 25.0. The Labute approximate surface area is 261 Å². The first kappa shape index (κ1) is 34.3. The number of likely N-dealkylation sites (N-methyl/N-ethyl adjacent to an activating group) is 1. The number of rotatable bonds is 6. The van der Waals surface area contributed by atoms with Crippen LogP contribution in [0.25, 0.3) is 10.9 Å². The van der Waals surface area contributed by atoms with Gasteiger partial charge >= 0.3 is 12.4 Å². The molecule has 2 aliphatic heterocycles. The number of halogens is 7. The third-order valence-corrected chi connectivity index (χ3v) is 8.08. The molecule has 2 aliphatic rings. The van der Waals surface area contributed by atoms with Crippen molar-refractivity contribution in [1.29, 1.82) is 0 Å². The predicted octanol–water partition coefficient (Wildman–Crippen LogP) is 4.39. The SMILES string of the molecule is CN1CCCN(C(=O)CN2CC(Cc3c[nH]c4ccccc34)NC(C(=O)c3cc(C(F)(F)F)cc(C(F)(F)F)c3)C2=O)CC1.Cl. The van der Waals surface area contributed by atoms with E-state index < -0.39 is 52.8 Å². The van der Waals surface area contributed by atoms with Gasteiger partial charge in [-0.05, 0) is 56.3 Å². The number of nitrogens with zero attached hydrogens (tertiary/aromatic N) is 3. The van der Waals surface area contributed by atoms with Gasteiger partial charge in [0.05, 0.1) is 17.7 Å². The van der Waals surface area contributed by atoms with Crippen molar-refractivity contribution in [2.45, 2.75) is 37.3 Å². The lowest BCUT2D eigenvalue weighted by Crippen LogP contribution is -2.64. The number of hydrogen-bond donors (Lipinski definition) is 2. The normalized spacial score (nSPS) is 20.2. The number of alkyl halides is 6. The van der Waals surface area contributed by atoms with Gasteiger partial charge in [0.25, 0.3) is 0 Å². The largest absolute Gasteiger partial charge is 0.416 e. The number of H-pyrrole nitrogens is 1. The van der Waals surface area contributed by atoms with Crippen LogP contribution >= 0.6 is 12.4 Å². The number of Topliss-reactive ketones (excluding diaryl/α,β-unsaturated/α-hetero) is 1. The number of carbonyl (C=O) groups excluding carboxylic acids is 3. The lowest BCUT2D eigenvalue weighted by atomic mass is 9.94. The molecule has 2 N–H and O–H groups in total. The molecular formula is C30H32ClF6N5O3. The molecule has 0 radical (unpaired) electrons. The van der Waals surface area contributed by atoms with Gasteiger partial charge in [0.15, 0.2) is 11.8 Å². The van der Waals surface area contributed by atoms with Gasteiger partial charge in [-0.2, -0.15) is 26.3 Å². The van der Waals surface area contributed by atoms with Gasteiger partial charge in [0.1, 0.15) is 0 Å². The van der Waals surface area contributed by atoms with E-state index in [9.17, 15) is 40.7 Å². The Morgan fingerprint density at radius 3 is 2.27 bits per heavy atom. The molecule has 0 spiro atoms. The van der Waals surface area contributed by atoms with E-state index in [1.807, 2.05) is 31.3 Å². The summed E-state index contributed by atoms with van der Waals surface area (Å²) in [7, 11) is 1.93. The summed E-state index contributed by atoms with van der Waals surface area (Å²) < 4.78 is 81.2. The highest BCUT2D eigenvalue weighted by Gasteiger charge is 2.42. The van der Waals surface area contributed by atoms with E-state index in [-0.39, 0.29) is 43.9 Å². The number of nitrogens with one attached hydrogen (secondary N) is 2. The summed E-state index contributed by atoms with van der Waals surface area (Å²) in [5.74, 6) is -2.49. The predicted molar refractivity (Wildman–Crippen MR) is 156 cm³/mol. The lowest BCUT2D eigenvalue weighted by molar-refractivity contribution is -0.143. The Morgan fingerprint density at radius 2 is 1.60 bits per heavy atom. The number of benzene rings is 2. The summed E-state index contributed by atoms with van der Waals surface area (Å²) in [6.45, 7) is 1.93. The van der Waals surface area contributed by atoms with Gasteiger partial charge in [-0.15, -0.1) is 12.4 Å². The molecule has 3 heterocycles. The van der Waals surface area contributed by atoms with Crippen LogP contribution in [0.3, 0.4) is 0 Å². The van der Waals surface area contributed by atoms with Crippen LogP contribution in [-0.4, -0.2) is 95.7 Å². The molecule has 2 unspecified atom stereocenters. The summed E-state index contributed by atoms with van der Waals surface area (Å²) in [4.78, 5) is 48.5. The third-order valence-electron chi connectivity index (χ3n) is 8.08. The number of aromatic amines is 1. The van der Waals surface area contributed by atoms with Crippen molar-refractivity contribution in [3.05, 3.63) is 70.9 Å². The number of para-hydroxylation sites is 1. The van der Waals surface area contributed by atoms with Crippen LogP contribution < -0.4 is 5.32 Å². The topological polar surface area (TPSA) is 88.8 Å². The van der Waals surface area contributed by atoms with Crippen molar-refractivity contribution in [1.82, 2.24) is 25.0 Å². The fourth-order valence-electron chi connectivity index (χ4n) is 5.74. The van der Waals surface area contributed by atoms with Crippen molar-refractivity contribution in [3.8, 4) is 0 Å². The van der Waals surface area contributed by atoms with Crippen molar-refractivity contribution in [2.24, 2.45) is 0 Å². The average molecular weight is 660 g/mol. The van der Waals surface area contributed by atoms with Gasteiger partial charge in [-0.25, -0.2) is 0 Å². The fourth-order valence-corrected chi connectivity index (χ4v) is 5.74. The summed E-state index contributed by atoms with van der Waals surface area (Å²) in [6, 6.07) is 5.53. The second-order valence-electron chi connectivity index (χ2n) is 11.3. The van der Waals surface area contributed by atoms with Gasteiger partial charge in [0, 0.05) is 54.9 Å². The van der Waals surface area contributed by atoms with Crippen LogP contribution in [0, 0.1) is 0 Å². The standard InChI is InChI=1S/C30H31F6N5O3.ClH/c1-39-7-4-8-40(10-9-39)25(42)17-41-16-22(13-19-15-37-24-6-3-2-5-23(19)24)38-26(28(41)44)27(43)18-11-20(29(31,32)33)14-21(12-18)30(34,35)36;/h2-3,5-6,11-12,14-15,22,26,37-38H,4,7-10,13,16-17H2,1H3;1H. The van der Waals surface area contributed by atoms with Crippen molar-refractivity contribution < 1.29 is 40.7 Å². The Morgan fingerprint density at radius 1 is 0.933 bits per heavy atom. The molecule has 2 amide bonds. The molecule has 2 saturated heterocycles. The maximum absolute atomic E-state index is 13.6. The van der Waals surface area contributed by atoms with E-state index >= 15 is 0 Å². The second kappa shape index (κ2) is 13.4. The molecule has 8 nitrogen and oxygen atoms in total. The van der Waals surface area contributed by atoms with E-state index in [4.69, 9.17) is 0 Å². The average Bonchev–Trinajstić information content (AvgIpc) is 3.23. The number of piperazine rings is 1. The molecule has 2 atom stereocenters.